The third-order valence-electron chi connectivity index (χ3n) is 7.18. The molecule has 3 fully saturated rings. The molecular formula is C23H35N5O5S. The predicted molar refractivity (Wildman–Crippen MR) is 129 cm³/mol. The van der Waals surface area contributed by atoms with Crippen molar-refractivity contribution < 1.29 is 18.1 Å². The fourth-order valence-electron chi connectivity index (χ4n) is 5.17. The molecule has 4 rings (SSSR count). The topological polar surface area (TPSA) is 107 Å². The fraction of sp³-hybridized carbons (Fsp3) is 0.696. The van der Waals surface area contributed by atoms with Crippen LogP contribution in [0.5, 0.6) is 0 Å². The lowest BCUT2D eigenvalue weighted by Crippen LogP contribution is -2.50. The van der Waals surface area contributed by atoms with Crippen molar-refractivity contribution in [3.8, 4) is 0 Å². The van der Waals surface area contributed by atoms with Gasteiger partial charge in [0.25, 0.3) is 5.69 Å². The van der Waals surface area contributed by atoms with Gasteiger partial charge < -0.3 is 9.80 Å². The van der Waals surface area contributed by atoms with Gasteiger partial charge >= 0.3 is 0 Å². The highest BCUT2D eigenvalue weighted by atomic mass is 32.2. The molecule has 0 spiro atoms. The van der Waals surface area contributed by atoms with Crippen molar-refractivity contribution in [2.75, 3.05) is 63.8 Å². The first-order valence-corrected chi connectivity index (χ1v) is 13.7. The Morgan fingerprint density at radius 2 is 1.74 bits per heavy atom. The van der Waals surface area contributed by atoms with Crippen LogP contribution in [-0.2, 0) is 14.8 Å². The molecule has 0 bridgehead atoms. The van der Waals surface area contributed by atoms with Crippen LogP contribution < -0.4 is 4.90 Å². The summed E-state index contributed by atoms with van der Waals surface area (Å²) >= 11 is 0. The molecule has 3 saturated heterocycles. The van der Waals surface area contributed by atoms with E-state index in [9.17, 15) is 23.3 Å². The van der Waals surface area contributed by atoms with Crippen LogP contribution in [0.2, 0.25) is 0 Å². The van der Waals surface area contributed by atoms with Crippen LogP contribution >= 0.6 is 0 Å². The number of piperazine rings is 1. The second-order valence-corrected chi connectivity index (χ2v) is 11.7. The highest BCUT2D eigenvalue weighted by Gasteiger charge is 2.32. The van der Waals surface area contributed by atoms with Crippen molar-refractivity contribution in [2.45, 2.75) is 43.9 Å². The van der Waals surface area contributed by atoms with Gasteiger partial charge in [0.15, 0.2) is 0 Å². The minimum Gasteiger partial charge on any atom is -0.363 e. The summed E-state index contributed by atoms with van der Waals surface area (Å²) in [4.78, 5) is 29.8. The number of nitro benzene ring substituents is 1. The van der Waals surface area contributed by atoms with Gasteiger partial charge in [0.2, 0.25) is 15.9 Å². The van der Waals surface area contributed by atoms with Crippen molar-refractivity contribution in [3.05, 3.63) is 28.3 Å². The Morgan fingerprint density at radius 3 is 2.38 bits per heavy atom. The van der Waals surface area contributed by atoms with Crippen LogP contribution in [0.25, 0.3) is 0 Å². The van der Waals surface area contributed by atoms with Crippen molar-refractivity contribution in [2.24, 2.45) is 5.92 Å². The Bertz CT molecular complexity index is 1000. The lowest BCUT2D eigenvalue weighted by atomic mass is 10.0. The maximum atomic E-state index is 13.1. The molecule has 10 nitrogen and oxygen atoms in total. The molecule has 1 aromatic carbocycles. The summed E-state index contributed by atoms with van der Waals surface area (Å²) < 4.78 is 27.7. The zero-order valence-electron chi connectivity index (χ0n) is 19.9. The summed E-state index contributed by atoms with van der Waals surface area (Å²) in [5.74, 6) is 0.427. The van der Waals surface area contributed by atoms with E-state index in [2.05, 4.69) is 4.90 Å². The third kappa shape index (κ3) is 5.52. The minimum atomic E-state index is -3.77. The zero-order valence-corrected chi connectivity index (χ0v) is 20.7. The number of carbonyl (C=O) groups is 1. The average Bonchev–Trinajstić information content (AvgIpc) is 2.84. The number of nitrogens with zero attached hydrogens (tertiary/aromatic N) is 5. The van der Waals surface area contributed by atoms with E-state index in [0.29, 0.717) is 51.5 Å². The minimum absolute atomic E-state index is 0.0252. The third-order valence-corrected chi connectivity index (χ3v) is 9.04. The number of benzene rings is 1. The molecule has 34 heavy (non-hydrogen) atoms. The normalized spacial score (nSPS) is 23.1. The number of amides is 1. The van der Waals surface area contributed by atoms with Crippen LogP contribution in [0.3, 0.4) is 0 Å². The van der Waals surface area contributed by atoms with E-state index in [4.69, 9.17) is 0 Å². The molecule has 0 radical (unpaired) electrons. The molecule has 1 atom stereocenters. The Labute approximate surface area is 201 Å². The average molecular weight is 494 g/mol. The summed E-state index contributed by atoms with van der Waals surface area (Å²) in [6, 6.07) is 4.26. The molecule has 3 aliphatic heterocycles. The lowest BCUT2D eigenvalue weighted by Gasteiger charge is -2.37. The van der Waals surface area contributed by atoms with Crippen molar-refractivity contribution in [1.82, 2.24) is 14.1 Å². The van der Waals surface area contributed by atoms with E-state index < -0.39 is 14.9 Å². The van der Waals surface area contributed by atoms with Crippen LogP contribution in [0, 0.1) is 16.0 Å². The van der Waals surface area contributed by atoms with Gasteiger partial charge in [-0.2, -0.15) is 4.31 Å². The number of anilines is 1. The molecule has 1 unspecified atom stereocenters. The van der Waals surface area contributed by atoms with Crippen LogP contribution in [0.1, 0.15) is 39.0 Å². The first-order valence-electron chi connectivity index (χ1n) is 12.3. The second kappa shape index (κ2) is 10.6. The van der Waals surface area contributed by atoms with Crippen molar-refractivity contribution in [1.29, 1.82) is 0 Å². The first-order chi connectivity index (χ1) is 16.3. The molecule has 1 amide bonds. The van der Waals surface area contributed by atoms with Crippen molar-refractivity contribution in [3.63, 3.8) is 0 Å². The summed E-state index contributed by atoms with van der Waals surface area (Å²) in [6.45, 7) is 7.29. The fourth-order valence-corrected chi connectivity index (χ4v) is 6.79. The Balaban J connectivity index is 1.43. The van der Waals surface area contributed by atoms with Crippen LogP contribution in [-0.4, -0.2) is 92.3 Å². The quantitative estimate of drug-likeness (QED) is 0.441. The highest BCUT2D eigenvalue weighted by molar-refractivity contribution is 7.89. The van der Waals surface area contributed by atoms with Crippen molar-refractivity contribution >= 4 is 27.3 Å². The van der Waals surface area contributed by atoms with Gasteiger partial charge in [-0.25, -0.2) is 8.42 Å². The van der Waals surface area contributed by atoms with Gasteiger partial charge in [-0.3, -0.25) is 19.8 Å². The SMILES string of the molecule is CC1CCCN(S(=O)(=O)c2ccc(N3CCN(CC(=O)N4CCCCC4)CC3)c([N+](=O)[O-])c2)C1. The highest BCUT2D eigenvalue weighted by Crippen LogP contribution is 2.33. The lowest BCUT2D eigenvalue weighted by molar-refractivity contribution is -0.384. The largest absolute Gasteiger partial charge is 0.363 e. The molecule has 0 saturated carbocycles. The number of sulfonamides is 1. The smallest absolute Gasteiger partial charge is 0.293 e. The zero-order chi connectivity index (χ0) is 24.3. The van der Waals surface area contributed by atoms with E-state index >= 15 is 0 Å². The van der Waals surface area contributed by atoms with Crippen LogP contribution in [0.15, 0.2) is 23.1 Å². The summed E-state index contributed by atoms with van der Waals surface area (Å²) in [5, 5.41) is 11.9. The molecule has 1 aromatic rings. The van der Waals surface area contributed by atoms with Gasteiger partial charge in [0, 0.05) is 58.4 Å². The van der Waals surface area contributed by atoms with Gasteiger partial charge in [-0.15, -0.1) is 0 Å². The maximum absolute atomic E-state index is 13.1. The number of hydrogen-bond donors (Lipinski definition) is 0. The molecule has 0 N–H and O–H groups in total. The number of hydrogen-bond acceptors (Lipinski definition) is 7. The summed E-state index contributed by atoms with van der Waals surface area (Å²) in [7, 11) is -3.77. The van der Waals surface area contributed by atoms with Gasteiger partial charge in [0.05, 0.1) is 16.4 Å². The second-order valence-electron chi connectivity index (χ2n) is 9.72. The van der Waals surface area contributed by atoms with E-state index in [1.165, 1.54) is 22.9 Å². The summed E-state index contributed by atoms with van der Waals surface area (Å²) in [6.07, 6.45) is 5.08. The molecule has 0 aromatic heterocycles. The first kappa shape index (κ1) is 24.9. The van der Waals surface area contributed by atoms with Gasteiger partial charge in [-0.1, -0.05) is 6.92 Å². The molecule has 0 aliphatic carbocycles. The molecule has 11 heteroatoms. The number of likely N-dealkylation sites (tertiary alicyclic amines) is 1. The molecule has 188 valence electrons. The number of carbonyl (C=O) groups excluding carboxylic acids is 1. The molecule has 3 heterocycles. The van der Waals surface area contributed by atoms with E-state index in [0.717, 1.165) is 38.8 Å². The Hall–Kier alpha value is -2.24. The predicted octanol–water partition coefficient (Wildman–Crippen LogP) is 2.15. The maximum Gasteiger partial charge on any atom is 0.293 e. The van der Waals surface area contributed by atoms with Gasteiger partial charge in [-0.05, 0) is 50.2 Å². The monoisotopic (exact) mass is 493 g/mol. The van der Waals surface area contributed by atoms with Crippen LogP contribution in [0.4, 0.5) is 11.4 Å². The van der Waals surface area contributed by atoms with Gasteiger partial charge in [0.1, 0.15) is 5.69 Å². The van der Waals surface area contributed by atoms with E-state index in [1.807, 2.05) is 16.7 Å². The number of nitro groups is 1. The van der Waals surface area contributed by atoms with E-state index in [1.54, 1.807) is 6.07 Å². The standard InChI is InChI=1S/C23H35N5O5S/c1-19-6-5-11-27(17-19)34(32,33)20-7-8-21(22(16-20)28(30)31)25-14-12-24(13-15-25)18-23(29)26-9-3-2-4-10-26/h7-8,16,19H,2-6,9-15,17-18H2,1H3. The Morgan fingerprint density at radius 1 is 1.03 bits per heavy atom. The number of rotatable bonds is 6. The Kier molecular flexibility index (Phi) is 7.73. The summed E-state index contributed by atoms with van der Waals surface area (Å²) in [5.41, 5.74) is 0.238. The molecule has 3 aliphatic rings. The van der Waals surface area contributed by atoms with E-state index in [-0.39, 0.29) is 22.4 Å². The number of piperidine rings is 2. The molecular weight excluding hydrogens is 458 g/mol.